The number of nitrogens with zero attached hydrogens (tertiary/aromatic N) is 1. The molecule has 0 unspecified atom stereocenters. The Balaban J connectivity index is 1.70. The van der Waals surface area contributed by atoms with Crippen LogP contribution in [0.4, 0.5) is 26.3 Å². The molecular weight excluding hydrogens is 590 g/mol. The van der Waals surface area contributed by atoms with E-state index in [1.165, 1.54) is 0 Å². The van der Waals surface area contributed by atoms with Gasteiger partial charge in [-0.2, -0.15) is 26.3 Å². The van der Waals surface area contributed by atoms with Gasteiger partial charge in [0.25, 0.3) is 0 Å². The molecule has 0 radical (unpaired) electrons. The molecule has 0 spiro atoms. The van der Waals surface area contributed by atoms with Gasteiger partial charge in [0.1, 0.15) is 6.04 Å². The molecule has 6 nitrogen and oxygen atoms in total. The van der Waals surface area contributed by atoms with Crippen LogP contribution in [-0.4, -0.2) is 35.8 Å². The molecule has 1 N–H and O–H groups in total. The number of hydrogen-bond acceptors (Lipinski definition) is 5. The van der Waals surface area contributed by atoms with Crippen molar-refractivity contribution >= 4 is 29.4 Å². The maximum atomic E-state index is 14.1. The highest BCUT2D eigenvalue weighted by atomic mass is 35.5. The minimum Gasteiger partial charge on any atom is -0.468 e. The molecule has 0 aliphatic carbocycles. The van der Waals surface area contributed by atoms with Gasteiger partial charge in [0.2, 0.25) is 11.8 Å². The number of halogens is 7. The molecule has 2 heterocycles. The molecule has 2 fully saturated rings. The number of hydrogen-bond donors (Lipinski definition) is 1. The number of fused-ring (bicyclic) bond motifs is 1. The zero-order valence-electron chi connectivity index (χ0n) is 21.6. The fraction of sp³-hybridized carbons (Fsp3) is 0.276. The lowest BCUT2D eigenvalue weighted by Crippen LogP contribution is -2.51. The average molecular weight is 611 g/mol. The van der Waals surface area contributed by atoms with Gasteiger partial charge < -0.3 is 4.74 Å². The summed E-state index contributed by atoms with van der Waals surface area (Å²) < 4.78 is 85.3. The number of imide groups is 1. The quantitative estimate of drug-likeness (QED) is 0.232. The van der Waals surface area contributed by atoms with Crippen molar-refractivity contribution < 1.29 is 45.5 Å². The third kappa shape index (κ3) is 4.92. The number of benzene rings is 3. The number of ether oxygens (including phenoxy) is 1. The summed E-state index contributed by atoms with van der Waals surface area (Å²) in [5.41, 5.74) is -3.30. The Hall–Kier alpha value is -3.90. The van der Waals surface area contributed by atoms with E-state index in [4.69, 9.17) is 16.3 Å². The molecule has 2 amide bonds. The van der Waals surface area contributed by atoms with Crippen molar-refractivity contribution in [2.24, 2.45) is 11.8 Å². The SMILES string of the molecule is COC(=O)[C@@H]1NC(c2ccc(C(F)(F)F)cc2)(c2ccc(C(F)(F)F)cc2)[C@@H]2C(=O)N(Cc3ccc(Cl)cc3)C(=O)[C@@H]21. The molecule has 42 heavy (non-hydrogen) atoms. The van der Waals surface area contributed by atoms with Crippen molar-refractivity contribution in [2.45, 2.75) is 30.5 Å². The van der Waals surface area contributed by atoms with Crippen molar-refractivity contribution in [3.8, 4) is 0 Å². The maximum Gasteiger partial charge on any atom is 0.416 e. The highest BCUT2D eigenvalue weighted by Crippen LogP contribution is 2.52. The monoisotopic (exact) mass is 610 g/mol. The van der Waals surface area contributed by atoms with Gasteiger partial charge in [-0.25, -0.2) is 0 Å². The number of carbonyl (C=O) groups is 3. The summed E-state index contributed by atoms with van der Waals surface area (Å²) in [6.45, 7) is -0.203. The van der Waals surface area contributed by atoms with Crippen LogP contribution < -0.4 is 5.32 Å². The first-order valence-electron chi connectivity index (χ1n) is 12.5. The summed E-state index contributed by atoms with van der Waals surface area (Å²) in [6.07, 6.45) is -9.40. The van der Waals surface area contributed by atoms with Crippen LogP contribution in [0.3, 0.4) is 0 Å². The Morgan fingerprint density at radius 3 is 1.74 bits per heavy atom. The molecule has 220 valence electrons. The number of esters is 1. The zero-order chi connectivity index (χ0) is 30.6. The molecule has 2 aliphatic rings. The molecule has 2 saturated heterocycles. The Labute approximate surface area is 240 Å². The van der Waals surface area contributed by atoms with Crippen LogP contribution >= 0.6 is 11.6 Å². The number of likely N-dealkylation sites (tertiary alicyclic amines) is 1. The van der Waals surface area contributed by atoms with E-state index in [1.54, 1.807) is 24.3 Å². The van der Waals surface area contributed by atoms with E-state index in [0.29, 0.717) is 10.6 Å². The molecule has 2 aliphatic heterocycles. The summed E-state index contributed by atoms with van der Waals surface area (Å²) in [5.74, 6) is -5.24. The van der Waals surface area contributed by atoms with E-state index in [2.05, 4.69) is 5.32 Å². The first-order chi connectivity index (χ1) is 19.7. The first-order valence-corrected chi connectivity index (χ1v) is 12.9. The van der Waals surface area contributed by atoms with Crippen LogP contribution in [0.1, 0.15) is 27.8 Å². The second-order valence-electron chi connectivity index (χ2n) is 10.00. The summed E-state index contributed by atoms with van der Waals surface area (Å²) in [6, 6.07) is 12.2. The molecule has 0 saturated carbocycles. The summed E-state index contributed by atoms with van der Waals surface area (Å²) in [7, 11) is 1.06. The lowest BCUT2D eigenvalue weighted by Gasteiger charge is -2.36. The van der Waals surface area contributed by atoms with Crippen LogP contribution in [0.25, 0.3) is 0 Å². The topological polar surface area (TPSA) is 75.7 Å². The van der Waals surface area contributed by atoms with Gasteiger partial charge in [0, 0.05) is 5.02 Å². The highest BCUT2D eigenvalue weighted by molar-refractivity contribution is 6.30. The van der Waals surface area contributed by atoms with Crippen molar-refractivity contribution in [3.63, 3.8) is 0 Å². The fourth-order valence-electron chi connectivity index (χ4n) is 5.76. The molecule has 3 aromatic rings. The standard InChI is InChI=1S/C29H21ClF6N2O4/c1-42-26(41)23-21-22(25(40)38(24(21)39)14-15-2-12-20(30)13-3-15)27(37-23,16-4-8-18(9-5-16)28(31,32)33)17-6-10-19(11-7-17)29(34,35)36/h2-13,21-23,37H,14H2,1H3/t21-,22-,23+/m0/s1. The van der Waals surface area contributed by atoms with Gasteiger partial charge in [0.05, 0.1) is 42.2 Å². The molecular formula is C29H21ClF6N2O4. The third-order valence-electron chi connectivity index (χ3n) is 7.70. The lowest BCUT2D eigenvalue weighted by molar-refractivity contribution is -0.148. The van der Waals surface area contributed by atoms with Gasteiger partial charge in [-0.15, -0.1) is 0 Å². The number of nitrogens with one attached hydrogen (secondary N) is 1. The Morgan fingerprint density at radius 1 is 0.833 bits per heavy atom. The molecule has 0 bridgehead atoms. The summed E-state index contributed by atoms with van der Waals surface area (Å²) >= 11 is 5.94. The van der Waals surface area contributed by atoms with E-state index < -0.39 is 64.7 Å². The number of methoxy groups -OCH3 is 1. The summed E-state index contributed by atoms with van der Waals surface area (Å²) in [4.78, 5) is 41.7. The minimum atomic E-state index is -4.70. The maximum absolute atomic E-state index is 14.1. The van der Waals surface area contributed by atoms with Gasteiger partial charge in [0.15, 0.2) is 0 Å². The smallest absolute Gasteiger partial charge is 0.416 e. The van der Waals surface area contributed by atoms with Crippen LogP contribution in [0.2, 0.25) is 5.02 Å². The molecule has 0 aromatic heterocycles. The number of carbonyl (C=O) groups excluding carboxylic acids is 3. The number of amides is 2. The molecule has 3 atom stereocenters. The highest BCUT2D eigenvalue weighted by Gasteiger charge is 2.68. The third-order valence-corrected chi connectivity index (χ3v) is 7.95. The number of alkyl halides is 6. The Bertz CT molecular complexity index is 1460. The van der Waals surface area contributed by atoms with E-state index >= 15 is 0 Å². The second kappa shape index (κ2) is 10.4. The van der Waals surface area contributed by atoms with Crippen molar-refractivity contribution in [3.05, 3.63) is 106 Å². The van der Waals surface area contributed by atoms with Gasteiger partial charge >= 0.3 is 18.3 Å². The van der Waals surface area contributed by atoms with E-state index in [-0.39, 0.29) is 17.7 Å². The average Bonchev–Trinajstić information content (AvgIpc) is 3.43. The molecule has 3 aromatic carbocycles. The molecule has 13 heteroatoms. The van der Waals surface area contributed by atoms with Crippen LogP contribution in [0, 0.1) is 11.8 Å². The lowest BCUT2D eigenvalue weighted by atomic mass is 9.71. The zero-order valence-corrected chi connectivity index (χ0v) is 22.3. The van der Waals surface area contributed by atoms with Gasteiger partial charge in [-0.05, 0) is 53.1 Å². The van der Waals surface area contributed by atoms with Gasteiger partial charge in [-0.1, -0.05) is 48.0 Å². The van der Waals surface area contributed by atoms with E-state index in [0.717, 1.165) is 60.5 Å². The van der Waals surface area contributed by atoms with Crippen molar-refractivity contribution in [1.82, 2.24) is 10.2 Å². The van der Waals surface area contributed by atoms with Crippen LogP contribution in [0.15, 0.2) is 72.8 Å². The van der Waals surface area contributed by atoms with E-state index in [9.17, 15) is 40.7 Å². The number of rotatable bonds is 5. The van der Waals surface area contributed by atoms with Crippen molar-refractivity contribution in [2.75, 3.05) is 7.11 Å². The minimum absolute atomic E-state index is 0.0335. The van der Waals surface area contributed by atoms with E-state index in [1.807, 2.05) is 0 Å². The predicted molar refractivity (Wildman–Crippen MR) is 137 cm³/mol. The second-order valence-corrected chi connectivity index (χ2v) is 10.4. The first kappa shape index (κ1) is 29.6. The predicted octanol–water partition coefficient (Wildman–Crippen LogP) is 5.57. The van der Waals surface area contributed by atoms with Crippen LogP contribution in [0.5, 0.6) is 0 Å². The van der Waals surface area contributed by atoms with Crippen molar-refractivity contribution in [1.29, 1.82) is 0 Å². The Kier molecular flexibility index (Phi) is 7.34. The van der Waals surface area contributed by atoms with Gasteiger partial charge in [-0.3, -0.25) is 24.6 Å². The summed E-state index contributed by atoms with van der Waals surface area (Å²) in [5, 5.41) is 3.35. The largest absolute Gasteiger partial charge is 0.468 e. The van der Waals surface area contributed by atoms with Crippen LogP contribution in [-0.2, 0) is 43.6 Å². The molecule has 5 rings (SSSR count). The Morgan fingerprint density at radius 2 is 1.31 bits per heavy atom. The normalized spacial score (nSPS) is 21.9. The fourth-order valence-corrected chi connectivity index (χ4v) is 5.89.